The zero-order valence-corrected chi connectivity index (χ0v) is 10.2. The molecule has 0 radical (unpaired) electrons. The summed E-state index contributed by atoms with van der Waals surface area (Å²) in [6.07, 6.45) is 0. The number of benzene rings is 2. The third-order valence-corrected chi connectivity index (χ3v) is 4.64. The van der Waals surface area contributed by atoms with Gasteiger partial charge in [0.25, 0.3) is 7.71 Å². The monoisotopic (exact) mass is 248 g/mol. The Bertz CT molecular complexity index is 431. The molecule has 2 rings (SSSR count). The van der Waals surface area contributed by atoms with Gasteiger partial charge in [-0.2, -0.15) is 0 Å². The molecule has 2 nitrogen and oxygen atoms in total. The first-order valence-corrected chi connectivity index (χ1v) is 6.86. The van der Waals surface area contributed by atoms with E-state index in [1.807, 2.05) is 60.7 Å². The van der Waals surface area contributed by atoms with Gasteiger partial charge in [-0.3, -0.25) is 0 Å². The molecular formula is C12H11NOPS+. The normalized spacial score (nSPS) is 9.81. The first-order chi connectivity index (χ1) is 7.92. The van der Waals surface area contributed by atoms with Crippen molar-refractivity contribution in [2.75, 3.05) is 0 Å². The summed E-state index contributed by atoms with van der Waals surface area (Å²) < 4.78 is 13.1. The molecule has 0 atom stereocenters. The number of hydrogen-bond acceptors (Lipinski definition) is 3. The van der Waals surface area contributed by atoms with Crippen LogP contribution in [0.15, 0.2) is 64.8 Å². The Kier molecular flexibility index (Phi) is 4.11. The van der Waals surface area contributed by atoms with E-state index in [9.17, 15) is 0 Å². The molecule has 0 amide bonds. The van der Waals surface area contributed by atoms with Crippen LogP contribution in [-0.4, -0.2) is 4.55 Å². The minimum atomic E-state index is -0.813. The smallest absolute Gasteiger partial charge is 0.293 e. The highest BCUT2D eigenvalue weighted by Gasteiger charge is 2.20. The van der Waals surface area contributed by atoms with Gasteiger partial charge in [-0.05, 0) is 24.3 Å². The van der Waals surface area contributed by atoms with Crippen LogP contribution >= 0.6 is 19.9 Å². The van der Waals surface area contributed by atoms with Crippen LogP contribution in [0.3, 0.4) is 0 Å². The fraction of sp³-hybridized carbons (Fsp3) is 0. The molecule has 0 saturated heterocycles. The molecule has 2 aromatic carbocycles. The maximum absolute atomic E-state index is 8.93. The van der Waals surface area contributed by atoms with E-state index in [1.165, 1.54) is 0 Å². The maximum atomic E-state index is 8.93. The fourth-order valence-electron chi connectivity index (χ4n) is 1.42. The third-order valence-electron chi connectivity index (χ3n) is 2.12. The van der Waals surface area contributed by atoms with Gasteiger partial charge < -0.3 is 4.55 Å². The van der Waals surface area contributed by atoms with Crippen LogP contribution in [0.1, 0.15) is 0 Å². The van der Waals surface area contributed by atoms with Crippen LogP contribution in [0.25, 0.3) is 0 Å². The average molecular weight is 248 g/mol. The first-order valence-electron chi connectivity index (χ1n) is 4.83. The molecule has 0 aliphatic heterocycles. The van der Waals surface area contributed by atoms with E-state index in [0.29, 0.717) is 12.2 Å². The molecule has 1 N–H and O–H groups in total. The van der Waals surface area contributed by atoms with Gasteiger partial charge >= 0.3 is 0 Å². The predicted molar refractivity (Wildman–Crippen MR) is 71.7 cm³/mol. The Hall–Kier alpha value is -1.15. The fourth-order valence-corrected chi connectivity index (χ4v) is 3.67. The number of rotatable bonds is 3. The van der Waals surface area contributed by atoms with Crippen LogP contribution in [0.4, 0.5) is 0 Å². The van der Waals surface area contributed by atoms with E-state index in [2.05, 4.69) is 4.15 Å². The topological polar surface area (TPSA) is 32.6 Å². The van der Waals surface area contributed by atoms with Crippen molar-refractivity contribution in [3.8, 4) is 0 Å². The van der Waals surface area contributed by atoms with Gasteiger partial charge in [0.15, 0.2) is 22.8 Å². The van der Waals surface area contributed by atoms with Crippen molar-refractivity contribution in [1.29, 1.82) is 0 Å². The molecule has 16 heavy (non-hydrogen) atoms. The van der Waals surface area contributed by atoms with Crippen LogP contribution in [0.2, 0.25) is 0 Å². The highest BCUT2D eigenvalue weighted by Crippen LogP contribution is 2.27. The van der Waals surface area contributed by atoms with Gasteiger partial charge in [0.2, 0.25) is 0 Å². The summed E-state index contributed by atoms with van der Waals surface area (Å²) in [5.41, 5.74) is 0. The molecule has 0 saturated carbocycles. The van der Waals surface area contributed by atoms with Crippen molar-refractivity contribution >= 4 is 30.6 Å². The van der Waals surface area contributed by atoms with E-state index in [1.54, 1.807) is 0 Å². The minimum Gasteiger partial charge on any atom is -0.308 e. The molecule has 0 unspecified atom stereocenters. The average Bonchev–Trinajstić information content (AvgIpc) is 2.38. The molecule has 4 heteroatoms. The summed E-state index contributed by atoms with van der Waals surface area (Å²) in [6, 6.07) is 20.1. The predicted octanol–water partition coefficient (Wildman–Crippen LogP) is 3.42. The van der Waals surface area contributed by atoms with Crippen LogP contribution in [0, 0.1) is 0 Å². The summed E-state index contributed by atoms with van der Waals surface area (Å²) in [4.78, 5) is 0. The summed E-state index contributed by atoms with van der Waals surface area (Å²) in [6.45, 7) is 0. The lowest BCUT2D eigenvalue weighted by molar-refractivity contribution is 0.666. The van der Waals surface area contributed by atoms with Gasteiger partial charge in [0.1, 0.15) is 0 Å². The Morgan fingerprint density at radius 1 is 0.812 bits per heavy atom. The second-order valence-corrected chi connectivity index (χ2v) is 5.62. The lowest BCUT2D eigenvalue weighted by Gasteiger charge is -1.92. The highest BCUT2D eigenvalue weighted by molar-refractivity contribution is 7.96. The molecule has 80 valence electrons. The van der Waals surface area contributed by atoms with E-state index < -0.39 is 7.71 Å². The van der Waals surface area contributed by atoms with Gasteiger partial charge in [-0.15, -0.1) is 0 Å². The van der Waals surface area contributed by atoms with Crippen molar-refractivity contribution < 1.29 is 4.55 Å². The lowest BCUT2D eigenvalue weighted by atomic mass is 10.4. The van der Waals surface area contributed by atoms with E-state index in [-0.39, 0.29) is 0 Å². The Morgan fingerprint density at radius 2 is 1.25 bits per heavy atom. The van der Waals surface area contributed by atoms with E-state index in [0.717, 1.165) is 10.6 Å². The summed E-state index contributed by atoms with van der Waals surface area (Å²) in [5.74, 6) is 0. The molecule has 0 aromatic heterocycles. The highest BCUT2D eigenvalue weighted by atomic mass is 32.2. The summed E-state index contributed by atoms with van der Waals surface area (Å²) in [5, 5.41) is 2.29. The molecule has 0 aliphatic carbocycles. The first kappa shape index (κ1) is 11.3. The summed E-state index contributed by atoms with van der Waals surface area (Å²) in [7, 11) is -0.813. The van der Waals surface area contributed by atoms with Crippen LogP contribution in [-0.2, 0) is 0 Å². The van der Waals surface area contributed by atoms with Crippen molar-refractivity contribution in [3.05, 3.63) is 60.7 Å². The lowest BCUT2D eigenvalue weighted by Crippen LogP contribution is -2.05. The molecule has 0 heterocycles. The maximum Gasteiger partial charge on any atom is 0.293 e. The Labute approximate surface area is 100 Å². The van der Waals surface area contributed by atoms with Crippen LogP contribution < -0.4 is 10.6 Å². The molecule has 0 bridgehead atoms. The largest absolute Gasteiger partial charge is 0.308 e. The molecule has 0 fully saturated rings. The second-order valence-electron chi connectivity index (χ2n) is 3.15. The van der Waals surface area contributed by atoms with Crippen molar-refractivity contribution in [1.82, 2.24) is 0 Å². The van der Waals surface area contributed by atoms with Crippen molar-refractivity contribution in [2.24, 2.45) is 4.15 Å². The van der Waals surface area contributed by atoms with Crippen molar-refractivity contribution in [2.45, 2.75) is 0 Å². The third kappa shape index (κ3) is 2.70. The van der Waals surface area contributed by atoms with E-state index in [4.69, 9.17) is 4.55 Å². The standard InChI is InChI=1S/C12H10NOPS/c14-16-13-15(11-7-3-1-4-8-11)12-9-5-2-6-10-12/h1-10H/p+1. The van der Waals surface area contributed by atoms with Gasteiger partial charge in [-0.25, -0.2) is 0 Å². The number of nitrogens with zero attached hydrogens (tertiary/aromatic N) is 1. The summed E-state index contributed by atoms with van der Waals surface area (Å²) >= 11 is 0.553. The quantitative estimate of drug-likeness (QED) is 0.513. The minimum absolute atomic E-state index is 0.553. The molecular weight excluding hydrogens is 237 g/mol. The SMILES string of the molecule is OSN=[P+](c1ccccc1)c1ccccc1. The van der Waals surface area contributed by atoms with Gasteiger partial charge in [-0.1, -0.05) is 36.4 Å². The number of hydrogen-bond donors (Lipinski definition) is 1. The molecule has 0 aliphatic rings. The van der Waals surface area contributed by atoms with Crippen molar-refractivity contribution in [3.63, 3.8) is 0 Å². The van der Waals surface area contributed by atoms with E-state index >= 15 is 0 Å². The molecule has 0 spiro atoms. The van der Waals surface area contributed by atoms with Crippen LogP contribution in [0.5, 0.6) is 0 Å². The Morgan fingerprint density at radius 3 is 1.62 bits per heavy atom. The van der Waals surface area contributed by atoms with Gasteiger partial charge in [0.05, 0.1) is 0 Å². The Balaban J connectivity index is 2.44. The zero-order chi connectivity index (χ0) is 11.2. The zero-order valence-electron chi connectivity index (χ0n) is 8.52. The van der Waals surface area contributed by atoms with Gasteiger partial charge in [0, 0.05) is 4.15 Å². The second kappa shape index (κ2) is 5.80. The molecule has 2 aromatic rings.